The van der Waals surface area contributed by atoms with E-state index in [4.69, 9.17) is 21.1 Å². The third-order valence-corrected chi connectivity index (χ3v) is 5.31. The van der Waals surface area contributed by atoms with E-state index in [9.17, 15) is 8.42 Å². The fourth-order valence-corrected chi connectivity index (χ4v) is 3.52. The van der Waals surface area contributed by atoms with Crippen LogP contribution in [0.4, 0.5) is 0 Å². The monoisotopic (exact) mass is 394 g/mol. The van der Waals surface area contributed by atoms with Crippen LogP contribution in [0.5, 0.6) is 11.5 Å². The Morgan fingerprint density at radius 1 is 1.19 bits per heavy atom. The van der Waals surface area contributed by atoms with Gasteiger partial charge in [0.15, 0.2) is 11.5 Å². The number of hydrogen-bond acceptors (Lipinski definition) is 5. The molecule has 26 heavy (non-hydrogen) atoms. The molecule has 1 N–H and O–H groups in total. The van der Waals surface area contributed by atoms with Crippen LogP contribution in [0.15, 0.2) is 46.4 Å². The van der Waals surface area contributed by atoms with E-state index in [1.165, 1.54) is 6.21 Å². The van der Waals surface area contributed by atoms with E-state index < -0.39 is 10.0 Å². The summed E-state index contributed by atoms with van der Waals surface area (Å²) in [4.78, 5) is 2.34. The van der Waals surface area contributed by atoms with E-state index in [0.29, 0.717) is 28.0 Å². The number of fused-ring (bicyclic) bond motifs is 1. The van der Waals surface area contributed by atoms with Gasteiger partial charge in [-0.15, -0.1) is 0 Å². The van der Waals surface area contributed by atoms with Crippen LogP contribution in [0.1, 0.15) is 25.0 Å². The minimum atomic E-state index is -3.75. The Kier molecular flexibility index (Phi) is 5.38. The highest BCUT2D eigenvalue weighted by Gasteiger charge is 2.16. The number of hydrogen-bond donors (Lipinski definition) is 1. The van der Waals surface area contributed by atoms with Crippen LogP contribution in [0.3, 0.4) is 0 Å². The zero-order chi connectivity index (χ0) is 18.7. The van der Waals surface area contributed by atoms with Crippen LogP contribution in [-0.2, 0) is 16.4 Å². The molecule has 8 heteroatoms. The Hall–Kier alpha value is -2.25. The average molecular weight is 395 g/mol. The van der Waals surface area contributed by atoms with E-state index in [2.05, 4.69) is 23.8 Å². The summed E-state index contributed by atoms with van der Waals surface area (Å²) < 4.78 is 35.1. The molecule has 1 aliphatic heterocycles. The Bertz CT molecular complexity index is 925. The number of sulfonamides is 1. The molecule has 0 spiro atoms. The van der Waals surface area contributed by atoms with Gasteiger partial charge in [-0.2, -0.15) is 13.5 Å². The van der Waals surface area contributed by atoms with Crippen LogP contribution in [0, 0.1) is 5.92 Å². The van der Waals surface area contributed by atoms with Gasteiger partial charge in [-0.25, -0.2) is 4.83 Å². The largest absolute Gasteiger partial charge is 0.454 e. The lowest BCUT2D eigenvalue weighted by atomic mass is 10.0. The Morgan fingerprint density at radius 2 is 1.85 bits per heavy atom. The number of benzene rings is 2. The summed E-state index contributed by atoms with van der Waals surface area (Å²) in [6, 6.07) is 10.0. The molecule has 0 bridgehead atoms. The number of halogens is 1. The lowest BCUT2D eigenvalue weighted by Crippen LogP contribution is -2.18. The smallest absolute Gasteiger partial charge is 0.276 e. The van der Waals surface area contributed by atoms with E-state index in [1.807, 2.05) is 12.1 Å². The van der Waals surface area contributed by atoms with Crippen molar-refractivity contribution in [2.24, 2.45) is 11.0 Å². The molecule has 2 aromatic carbocycles. The molecule has 0 saturated heterocycles. The summed E-state index contributed by atoms with van der Waals surface area (Å²) >= 11 is 6.13. The number of nitrogens with zero attached hydrogens (tertiary/aromatic N) is 1. The quantitative estimate of drug-likeness (QED) is 0.600. The van der Waals surface area contributed by atoms with Gasteiger partial charge < -0.3 is 9.47 Å². The fourth-order valence-electron chi connectivity index (χ4n) is 2.53. The molecule has 0 radical (unpaired) electrons. The van der Waals surface area contributed by atoms with Gasteiger partial charge >= 0.3 is 0 Å². The molecule has 0 atom stereocenters. The van der Waals surface area contributed by atoms with Crippen molar-refractivity contribution in [2.45, 2.75) is 25.2 Å². The third kappa shape index (κ3) is 4.28. The normalized spacial score (nSPS) is 13.5. The first-order valence-electron chi connectivity index (χ1n) is 8.08. The molecule has 1 heterocycles. The summed E-state index contributed by atoms with van der Waals surface area (Å²) in [5.41, 5.74) is 1.61. The van der Waals surface area contributed by atoms with E-state index >= 15 is 0 Å². The molecule has 1 aliphatic rings. The maximum atomic E-state index is 12.3. The minimum Gasteiger partial charge on any atom is -0.454 e. The lowest BCUT2D eigenvalue weighted by Gasteiger charge is -2.07. The summed E-state index contributed by atoms with van der Waals surface area (Å²) in [7, 11) is -3.75. The van der Waals surface area contributed by atoms with Crippen molar-refractivity contribution >= 4 is 27.8 Å². The maximum Gasteiger partial charge on any atom is 0.276 e. The Balaban J connectivity index is 1.71. The maximum absolute atomic E-state index is 12.3. The predicted octanol–water partition coefficient (Wildman–Crippen LogP) is 3.58. The molecule has 0 amide bonds. The number of rotatable bonds is 6. The van der Waals surface area contributed by atoms with Crippen molar-refractivity contribution in [3.63, 3.8) is 0 Å². The van der Waals surface area contributed by atoms with Gasteiger partial charge in [0.1, 0.15) is 0 Å². The minimum absolute atomic E-state index is 0.131. The first-order chi connectivity index (χ1) is 12.3. The first kappa shape index (κ1) is 18.5. The molecule has 6 nitrogen and oxygen atoms in total. The van der Waals surface area contributed by atoms with Gasteiger partial charge in [0.25, 0.3) is 10.0 Å². The fraction of sp³-hybridized carbons (Fsp3) is 0.278. The molecule has 2 aromatic rings. The second-order valence-electron chi connectivity index (χ2n) is 6.32. The topological polar surface area (TPSA) is 77.0 Å². The van der Waals surface area contributed by atoms with Crippen LogP contribution in [0.25, 0.3) is 0 Å². The van der Waals surface area contributed by atoms with Crippen LogP contribution >= 0.6 is 11.6 Å². The summed E-state index contributed by atoms with van der Waals surface area (Å²) in [6.07, 6.45) is 2.23. The highest BCUT2D eigenvalue weighted by atomic mass is 35.5. The van der Waals surface area contributed by atoms with Gasteiger partial charge in [-0.05, 0) is 36.1 Å². The molecule has 0 saturated carbocycles. The predicted molar refractivity (Wildman–Crippen MR) is 100 cm³/mol. The highest BCUT2D eigenvalue weighted by Crippen LogP contribution is 2.36. The molecule has 0 aliphatic carbocycles. The van der Waals surface area contributed by atoms with Crippen LogP contribution in [-0.4, -0.2) is 21.4 Å². The van der Waals surface area contributed by atoms with Crippen molar-refractivity contribution in [1.29, 1.82) is 0 Å². The van der Waals surface area contributed by atoms with Gasteiger partial charge in [0.2, 0.25) is 6.79 Å². The number of nitrogens with one attached hydrogen (secondary N) is 1. The highest BCUT2D eigenvalue weighted by molar-refractivity contribution is 7.89. The average Bonchev–Trinajstić information content (AvgIpc) is 3.02. The van der Waals surface area contributed by atoms with Crippen molar-refractivity contribution < 1.29 is 17.9 Å². The van der Waals surface area contributed by atoms with Crippen molar-refractivity contribution in [1.82, 2.24) is 4.83 Å². The first-order valence-corrected chi connectivity index (χ1v) is 9.94. The molecular weight excluding hydrogens is 376 g/mol. The van der Waals surface area contributed by atoms with Crippen LogP contribution in [0.2, 0.25) is 5.02 Å². The second kappa shape index (κ2) is 7.55. The van der Waals surface area contributed by atoms with Gasteiger partial charge in [-0.1, -0.05) is 37.6 Å². The summed E-state index contributed by atoms with van der Waals surface area (Å²) in [6.45, 7) is 4.36. The van der Waals surface area contributed by atoms with Crippen LogP contribution < -0.4 is 14.3 Å². The molecule has 0 unspecified atom stereocenters. The lowest BCUT2D eigenvalue weighted by molar-refractivity contribution is 0.174. The van der Waals surface area contributed by atoms with Gasteiger partial charge in [0.05, 0.1) is 16.1 Å². The van der Waals surface area contributed by atoms with Gasteiger partial charge in [-0.3, -0.25) is 0 Å². The molecule has 138 valence electrons. The number of ether oxygens (including phenoxy) is 2. The van der Waals surface area contributed by atoms with Crippen molar-refractivity contribution in [3.05, 3.63) is 52.5 Å². The summed E-state index contributed by atoms with van der Waals surface area (Å²) in [5.74, 6) is 1.60. The zero-order valence-corrected chi connectivity index (χ0v) is 16.0. The molecule has 0 fully saturated rings. The second-order valence-corrected chi connectivity index (χ2v) is 8.39. The standard InChI is InChI=1S/C18H19ClN2O4S/c1-12(2)7-13-3-5-15(6-4-13)26(22,23)21-20-10-14-8-17-18(9-16(14)19)25-11-24-17/h3-6,8-10,12,21H,7,11H2,1-2H3/b20-10-. The number of hydrazone groups is 1. The SMILES string of the molecule is CC(C)Cc1ccc(S(=O)(=O)N/N=C\c2cc3c(cc2Cl)OCO3)cc1. The third-order valence-electron chi connectivity index (χ3n) is 3.75. The van der Waals surface area contributed by atoms with Crippen molar-refractivity contribution in [2.75, 3.05) is 6.79 Å². The summed E-state index contributed by atoms with van der Waals surface area (Å²) in [5, 5.41) is 4.19. The Morgan fingerprint density at radius 3 is 2.50 bits per heavy atom. The molecule has 3 rings (SSSR count). The van der Waals surface area contributed by atoms with E-state index in [-0.39, 0.29) is 11.7 Å². The van der Waals surface area contributed by atoms with E-state index in [1.54, 1.807) is 24.3 Å². The molecular formula is C18H19ClN2O4S. The zero-order valence-electron chi connectivity index (χ0n) is 14.4. The van der Waals surface area contributed by atoms with E-state index in [0.717, 1.165) is 12.0 Å². The van der Waals surface area contributed by atoms with Crippen molar-refractivity contribution in [3.8, 4) is 11.5 Å². The van der Waals surface area contributed by atoms with Gasteiger partial charge in [0, 0.05) is 11.6 Å². The Labute approximate surface area is 157 Å². The molecule has 0 aromatic heterocycles.